The van der Waals surface area contributed by atoms with Crippen LogP contribution in [0.1, 0.15) is 54.4 Å². The molecule has 0 rings (SSSR count). The fourth-order valence-corrected chi connectivity index (χ4v) is 1.27. The van der Waals surface area contributed by atoms with Crippen LogP contribution in [0.15, 0.2) is 0 Å². The summed E-state index contributed by atoms with van der Waals surface area (Å²) in [6.45, 7) is 10.1. The Hall–Kier alpha value is -1.72. The van der Waals surface area contributed by atoms with Crippen LogP contribution >= 0.6 is 0 Å². The summed E-state index contributed by atoms with van der Waals surface area (Å²) in [6.07, 6.45) is -0.656. The van der Waals surface area contributed by atoms with Crippen molar-refractivity contribution in [1.29, 1.82) is 0 Å². The lowest BCUT2D eigenvalue weighted by Gasteiger charge is -2.22. The third-order valence-corrected chi connectivity index (χ3v) is 2.78. The summed E-state index contributed by atoms with van der Waals surface area (Å²) in [6, 6.07) is 0. The van der Waals surface area contributed by atoms with Crippen LogP contribution in [0, 0.1) is 10.8 Å². The summed E-state index contributed by atoms with van der Waals surface area (Å²) in [5, 5.41) is 0. The number of hydrogen-bond acceptors (Lipinski definition) is 6. The van der Waals surface area contributed by atoms with Crippen molar-refractivity contribution in [2.24, 2.45) is 10.8 Å². The molecule has 0 N–H and O–H groups in total. The van der Waals surface area contributed by atoms with Crippen LogP contribution in [0.25, 0.3) is 0 Å². The Balaban J connectivity index is 4.53. The molecule has 6 nitrogen and oxygen atoms in total. The van der Waals surface area contributed by atoms with Crippen molar-refractivity contribution in [3.63, 3.8) is 0 Å². The van der Waals surface area contributed by atoms with Crippen molar-refractivity contribution in [3.8, 4) is 0 Å². The molecular formula is C16H26O6. The molecule has 0 spiro atoms. The number of carbonyl (C=O) groups is 4. The van der Waals surface area contributed by atoms with E-state index in [1.165, 1.54) is 0 Å². The molecule has 0 aromatic carbocycles. The first-order valence-corrected chi connectivity index (χ1v) is 7.24. The largest absolute Gasteiger partial charge is 0.454 e. The maximum Gasteiger partial charge on any atom is 0.311 e. The molecule has 0 radical (unpaired) electrons. The van der Waals surface area contributed by atoms with Crippen LogP contribution in [-0.2, 0) is 28.7 Å². The maximum atomic E-state index is 11.7. The van der Waals surface area contributed by atoms with Crippen molar-refractivity contribution in [2.75, 3.05) is 0 Å². The first-order chi connectivity index (χ1) is 9.91. The van der Waals surface area contributed by atoms with Crippen LogP contribution in [-0.4, -0.2) is 36.7 Å². The molecule has 0 aromatic heterocycles. The number of rotatable bonds is 7. The molecule has 0 aliphatic heterocycles. The molecule has 22 heavy (non-hydrogen) atoms. The van der Waals surface area contributed by atoms with Crippen molar-refractivity contribution < 1.29 is 28.7 Å². The van der Waals surface area contributed by atoms with E-state index in [4.69, 9.17) is 9.47 Å². The second kappa shape index (κ2) is 8.06. The quantitative estimate of drug-likeness (QED) is 0.528. The van der Waals surface area contributed by atoms with Gasteiger partial charge in [-0.1, -0.05) is 0 Å². The molecule has 0 saturated heterocycles. The van der Waals surface area contributed by atoms with Crippen molar-refractivity contribution in [2.45, 2.75) is 66.6 Å². The van der Waals surface area contributed by atoms with Crippen LogP contribution in [0.4, 0.5) is 0 Å². The lowest BCUT2D eigenvalue weighted by Crippen LogP contribution is -2.32. The van der Waals surface area contributed by atoms with E-state index in [1.54, 1.807) is 41.5 Å². The van der Waals surface area contributed by atoms with Crippen molar-refractivity contribution in [3.05, 3.63) is 0 Å². The minimum atomic E-state index is -0.956. The number of esters is 2. The zero-order valence-electron chi connectivity index (χ0n) is 14.2. The zero-order valence-corrected chi connectivity index (χ0v) is 14.2. The number of carbonyl (C=O) groups excluding carboxylic acids is 4. The zero-order chi connectivity index (χ0) is 17.6. The van der Waals surface area contributed by atoms with Gasteiger partial charge in [0.2, 0.25) is 0 Å². The molecule has 2 atom stereocenters. The van der Waals surface area contributed by atoms with Gasteiger partial charge in [-0.2, -0.15) is 0 Å². The maximum absolute atomic E-state index is 11.7. The van der Waals surface area contributed by atoms with Crippen molar-refractivity contribution in [1.82, 2.24) is 0 Å². The Morgan fingerprint density at radius 1 is 0.773 bits per heavy atom. The molecule has 0 saturated carbocycles. The standard InChI is InChI=1S/C16H26O6/c1-15(2,3)13(19)21-11(9-17)7-8-12(10-18)22-14(20)16(4,5)6/h9-12H,7-8H2,1-6H3/t11-,12+. The third kappa shape index (κ3) is 7.33. The summed E-state index contributed by atoms with van der Waals surface area (Å²) in [7, 11) is 0. The normalized spacial score (nSPS) is 14.6. The van der Waals surface area contributed by atoms with Gasteiger partial charge in [-0.15, -0.1) is 0 Å². The van der Waals surface area contributed by atoms with Crippen LogP contribution in [0.5, 0.6) is 0 Å². The van der Waals surface area contributed by atoms with Gasteiger partial charge in [0.15, 0.2) is 24.8 Å². The molecule has 0 aliphatic rings. The van der Waals surface area contributed by atoms with Gasteiger partial charge < -0.3 is 9.47 Å². The van der Waals surface area contributed by atoms with Gasteiger partial charge in [-0.25, -0.2) is 0 Å². The minimum Gasteiger partial charge on any atom is -0.454 e. The minimum absolute atomic E-state index is 0.117. The molecule has 126 valence electrons. The van der Waals surface area contributed by atoms with Gasteiger partial charge in [-0.3, -0.25) is 19.2 Å². The molecule has 6 heteroatoms. The summed E-state index contributed by atoms with van der Waals surface area (Å²) in [4.78, 5) is 45.4. The molecule has 0 fully saturated rings. The first kappa shape index (κ1) is 20.3. The van der Waals surface area contributed by atoms with E-state index < -0.39 is 35.0 Å². The van der Waals surface area contributed by atoms with E-state index >= 15 is 0 Å². The molecule has 0 amide bonds. The topological polar surface area (TPSA) is 86.7 Å². The van der Waals surface area contributed by atoms with E-state index in [9.17, 15) is 19.2 Å². The van der Waals surface area contributed by atoms with Crippen molar-refractivity contribution >= 4 is 24.5 Å². The van der Waals surface area contributed by atoms with Gasteiger partial charge in [-0.05, 0) is 54.4 Å². The Morgan fingerprint density at radius 3 is 1.23 bits per heavy atom. The van der Waals surface area contributed by atoms with Gasteiger partial charge in [0.25, 0.3) is 0 Å². The van der Waals surface area contributed by atoms with Crippen LogP contribution in [0.3, 0.4) is 0 Å². The van der Waals surface area contributed by atoms with Gasteiger partial charge >= 0.3 is 11.9 Å². The summed E-state index contributed by atoms with van der Waals surface area (Å²) in [5.41, 5.74) is -1.44. The van der Waals surface area contributed by atoms with E-state index in [1.807, 2.05) is 0 Å². The van der Waals surface area contributed by atoms with E-state index in [2.05, 4.69) is 0 Å². The van der Waals surface area contributed by atoms with Crippen LogP contribution < -0.4 is 0 Å². The van der Waals surface area contributed by atoms with Gasteiger partial charge in [0.1, 0.15) is 0 Å². The first-order valence-electron chi connectivity index (χ1n) is 7.24. The Morgan fingerprint density at radius 2 is 1.05 bits per heavy atom. The summed E-state index contributed by atoms with van der Waals surface area (Å²) in [5.74, 6) is -1.00. The molecule has 0 bridgehead atoms. The highest BCUT2D eigenvalue weighted by Gasteiger charge is 2.29. The third-order valence-electron chi connectivity index (χ3n) is 2.78. The average Bonchev–Trinajstić information content (AvgIpc) is 2.38. The van der Waals surface area contributed by atoms with E-state index in [0.717, 1.165) is 0 Å². The number of aldehydes is 2. The SMILES string of the molecule is CC(C)(C)C(=O)O[C@H](C=O)CC[C@H](C=O)OC(=O)C(C)(C)C. The molecule has 0 heterocycles. The average molecular weight is 314 g/mol. The highest BCUT2D eigenvalue weighted by atomic mass is 16.6. The monoisotopic (exact) mass is 314 g/mol. The summed E-state index contributed by atoms with van der Waals surface area (Å²) < 4.78 is 10.1. The van der Waals surface area contributed by atoms with E-state index in [-0.39, 0.29) is 12.8 Å². The molecule has 0 aliphatic carbocycles. The summed E-state index contributed by atoms with van der Waals surface area (Å²) >= 11 is 0. The highest BCUT2D eigenvalue weighted by molar-refractivity contribution is 5.78. The number of hydrogen-bond donors (Lipinski definition) is 0. The second-order valence-electron chi connectivity index (χ2n) is 7.24. The Bertz CT molecular complexity index is 373. The second-order valence-corrected chi connectivity index (χ2v) is 7.24. The Labute approximate surface area is 131 Å². The van der Waals surface area contributed by atoms with Crippen LogP contribution in [0.2, 0.25) is 0 Å². The number of ether oxygens (including phenoxy) is 2. The van der Waals surface area contributed by atoms with E-state index in [0.29, 0.717) is 12.6 Å². The predicted octanol–water partition coefficient (Wildman–Crippen LogP) is 2.08. The highest BCUT2D eigenvalue weighted by Crippen LogP contribution is 2.19. The van der Waals surface area contributed by atoms with Gasteiger partial charge in [0.05, 0.1) is 10.8 Å². The van der Waals surface area contributed by atoms with Gasteiger partial charge in [0, 0.05) is 0 Å². The Kier molecular flexibility index (Phi) is 7.43. The fraction of sp³-hybridized carbons (Fsp3) is 0.750. The smallest absolute Gasteiger partial charge is 0.311 e. The lowest BCUT2D eigenvalue weighted by molar-refractivity contribution is -0.164. The molecular weight excluding hydrogens is 288 g/mol. The fourth-order valence-electron chi connectivity index (χ4n) is 1.27. The molecule has 0 unspecified atom stereocenters. The predicted molar refractivity (Wildman–Crippen MR) is 80.0 cm³/mol. The molecule has 0 aromatic rings. The lowest BCUT2D eigenvalue weighted by atomic mass is 9.97.